The fourth-order valence-electron chi connectivity index (χ4n) is 3.45. The van der Waals surface area contributed by atoms with Crippen molar-refractivity contribution < 1.29 is 9.21 Å². The second kappa shape index (κ2) is 7.19. The zero-order chi connectivity index (χ0) is 17.9. The molecule has 7 heteroatoms. The molecule has 0 saturated carbocycles. The standard InChI is InChI=1S/C19H23N5O2/c1-2-11-24-17(9-10-20-24)22-19(25)23-12-5-6-14(13-23)18-21-15-7-3-4-8-16(15)26-18/h3-4,7-10,14H,2,5-6,11-13H2,1H3,(H,22,25). The Morgan fingerprint density at radius 2 is 2.23 bits per heavy atom. The summed E-state index contributed by atoms with van der Waals surface area (Å²) in [5.74, 6) is 1.59. The average molecular weight is 353 g/mol. The van der Waals surface area contributed by atoms with Gasteiger partial charge in [-0.2, -0.15) is 5.10 Å². The highest BCUT2D eigenvalue weighted by molar-refractivity contribution is 5.88. The molecular weight excluding hydrogens is 330 g/mol. The van der Waals surface area contributed by atoms with Gasteiger partial charge < -0.3 is 9.32 Å². The van der Waals surface area contributed by atoms with Crippen LogP contribution in [0.25, 0.3) is 11.1 Å². The number of likely N-dealkylation sites (tertiary alicyclic amines) is 1. The lowest BCUT2D eigenvalue weighted by Crippen LogP contribution is -2.42. The van der Waals surface area contributed by atoms with Crippen molar-refractivity contribution in [2.75, 3.05) is 18.4 Å². The van der Waals surface area contributed by atoms with Gasteiger partial charge in [-0.05, 0) is 31.4 Å². The second-order valence-corrected chi connectivity index (χ2v) is 6.67. The first-order valence-corrected chi connectivity index (χ1v) is 9.18. The topological polar surface area (TPSA) is 76.2 Å². The summed E-state index contributed by atoms with van der Waals surface area (Å²) in [5, 5.41) is 7.23. The molecule has 1 saturated heterocycles. The molecule has 1 atom stereocenters. The lowest BCUT2D eigenvalue weighted by Gasteiger charge is -2.31. The first kappa shape index (κ1) is 16.6. The fraction of sp³-hybridized carbons (Fsp3) is 0.421. The molecule has 136 valence electrons. The third-order valence-corrected chi connectivity index (χ3v) is 4.76. The number of nitrogens with one attached hydrogen (secondary N) is 1. The van der Waals surface area contributed by atoms with E-state index in [1.54, 1.807) is 6.20 Å². The number of oxazole rings is 1. The Morgan fingerprint density at radius 1 is 1.35 bits per heavy atom. The Morgan fingerprint density at radius 3 is 3.08 bits per heavy atom. The molecule has 0 radical (unpaired) electrons. The van der Waals surface area contributed by atoms with Crippen molar-refractivity contribution in [3.63, 3.8) is 0 Å². The van der Waals surface area contributed by atoms with Crippen molar-refractivity contribution in [1.29, 1.82) is 0 Å². The molecular formula is C19H23N5O2. The van der Waals surface area contributed by atoms with Crippen LogP contribution < -0.4 is 5.32 Å². The van der Waals surface area contributed by atoms with Crippen molar-refractivity contribution in [2.24, 2.45) is 0 Å². The number of amides is 2. The molecule has 3 heterocycles. The minimum atomic E-state index is -0.0938. The van der Waals surface area contributed by atoms with Gasteiger partial charge in [-0.15, -0.1) is 0 Å². The monoisotopic (exact) mass is 353 g/mol. The van der Waals surface area contributed by atoms with Gasteiger partial charge in [0.25, 0.3) is 0 Å². The smallest absolute Gasteiger partial charge is 0.323 e. The van der Waals surface area contributed by atoms with E-state index in [2.05, 4.69) is 22.3 Å². The number of fused-ring (bicyclic) bond motifs is 1. The van der Waals surface area contributed by atoms with E-state index in [9.17, 15) is 4.79 Å². The highest BCUT2D eigenvalue weighted by Crippen LogP contribution is 2.29. The summed E-state index contributed by atoms with van der Waals surface area (Å²) < 4.78 is 7.73. The van der Waals surface area contributed by atoms with Crippen molar-refractivity contribution in [3.8, 4) is 0 Å². The number of aryl methyl sites for hydroxylation is 1. The van der Waals surface area contributed by atoms with Crippen LogP contribution in [0.2, 0.25) is 0 Å². The van der Waals surface area contributed by atoms with Crippen LogP contribution in [0, 0.1) is 0 Å². The molecule has 1 aliphatic heterocycles. The molecule has 1 aliphatic rings. The van der Waals surface area contributed by atoms with E-state index in [1.165, 1.54) is 0 Å². The lowest BCUT2D eigenvalue weighted by molar-refractivity contribution is 0.187. The van der Waals surface area contributed by atoms with Crippen LogP contribution in [-0.2, 0) is 6.54 Å². The van der Waals surface area contributed by atoms with E-state index in [0.717, 1.165) is 55.2 Å². The van der Waals surface area contributed by atoms with Crippen molar-refractivity contribution in [3.05, 3.63) is 42.4 Å². The van der Waals surface area contributed by atoms with Gasteiger partial charge in [-0.1, -0.05) is 19.1 Å². The Balaban J connectivity index is 1.45. The number of aromatic nitrogens is 3. The third kappa shape index (κ3) is 3.29. The SMILES string of the molecule is CCCn1nccc1NC(=O)N1CCCC(c2nc3ccccc3o2)C1. The Labute approximate surface area is 152 Å². The molecule has 1 fully saturated rings. The number of hydrogen-bond acceptors (Lipinski definition) is 4. The van der Waals surface area contributed by atoms with Gasteiger partial charge in [0.1, 0.15) is 11.3 Å². The first-order valence-electron chi connectivity index (χ1n) is 9.18. The van der Waals surface area contributed by atoms with Gasteiger partial charge in [-0.25, -0.2) is 14.5 Å². The quantitative estimate of drug-likeness (QED) is 0.773. The number of urea groups is 1. The number of nitrogens with zero attached hydrogens (tertiary/aromatic N) is 4. The Kier molecular flexibility index (Phi) is 4.60. The highest BCUT2D eigenvalue weighted by Gasteiger charge is 2.28. The van der Waals surface area contributed by atoms with Crippen molar-refractivity contribution in [1.82, 2.24) is 19.7 Å². The maximum atomic E-state index is 12.7. The van der Waals surface area contributed by atoms with Gasteiger partial charge >= 0.3 is 6.03 Å². The number of hydrogen-bond donors (Lipinski definition) is 1. The van der Waals surface area contributed by atoms with Crippen molar-refractivity contribution in [2.45, 2.75) is 38.6 Å². The summed E-state index contributed by atoms with van der Waals surface area (Å²) in [4.78, 5) is 19.1. The van der Waals surface area contributed by atoms with Crippen LogP contribution in [-0.4, -0.2) is 38.8 Å². The van der Waals surface area contributed by atoms with Gasteiger partial charge in [-0.3, -0.25) is 5.32 Å². The van der Waals surface area contributed by atoms with E-state index in [0.29, 0.717) is 6.54 Å². The second-order valence-electron chi connectivity index (χ2n) is 6.67. The third-order valence-electron chi connectivity index (χ3n) is 4.76. The van der Waals surface area contributed by atoms with Gasteiger partial charge in [0.05, 0.1) is 12.1 Å². The summed E-state index contributed by atoms with van der Waals surface area (Å²) in [6.45, 7) is 4.22. The van der Waals surface area contributed by atoms with E-state index in [1.807, 2.05) is 39.9 Å². The predicted molar refractivity (Wildman–Crippen MR) is 99.1 cm³/mol. The summed E-state index contributed by atoms with van der Waals surface area (Å²) >= 11 is 0. The summed E-state index contributed by atoms with van der Waals surface area (Å²) in [5.41, 5.74) is 1.67. The molecule has 2 amide bonds. The number of rotatable bonds is 4. The Bertz CT molecular complexity index is 867. The molecule has 2 aromatic heterocycles. The number of carbonyl (C=O) groups excluding carboxylic acids is 1. The largest absolute Gasteiger partial charge is 0.440 e. The van der Waals surface area contributed by atoms with Crippen LogP contribution in [0.4, 0.5) is 10.6 Å². The van der Waals surface area contributed by atoms with Crippen LogP contribution in [0.5, 0.6) is 0 Å². The van der Waals surface area contributed by atoms with Crippen LogP contribution >= 0.6 is 0 Å². The minimum absolute atomic E-state index is 0.0938. The highest BCUT2D eigenvalue weighted by atomic mass is 16.3. The molecule has 7 nitrogen and oxygen atoms in total. The van der Waals surface area contributed by atoms with Gasteiger partial charge in [0.15, 0.2) is 11.5 Å². The van der Waals surface area contributed by atoms with E-state index in [4.69, 9.17) is 4.42 Å². The maximum Gasteiger partial charge on any atom is 0.323 e. The van der Waals surface area contributed by atoms with Crippen LogP contribution in [0.1, 0.15) is 38.0 Å². The minimum Gasteiger partial charge on any atom is -0.440 e. The maximum absolute atomic E-state index is 12.7. The van der Waals surface area contributed by atoms with E-state index >= 15 is 0 Å². The number of carbonyl (C=O) groups is 1. The molecule has 0 aliphatic carbocycles. The summed E-state index contributed by atoms with van der Waals surface area (Å²) in [6, 6.07) is 9.50. The molecule has 1 unspecified atom stereocenters. The zero-order valence-electron chi connectivity index (χ0n) is 14.9. The van der Waals surface area contributed by atoms with E-state index in [-0.39, 0.29) is 11.9 Å². The molecule has 0 spiro atoms. The predicted octanol–water partition coefficient (Wildman–Crippen LogP) is 3.85. The molecule has 3 aromatic rings. The molecule has 0 bridgehead atoms. The first-order chi connectivity index (χ1) is 12.7. The fourth-order valence-corrected chi connectivity index (χ4v) is 3.45. The molecule has 4 rings (SSSR count). The number of piperidine rings is 1. The van der Waals surface area contributed by atoms with Gasteiger partial charge in [0.2, 0.25) is 0 Å². The number of anilines is 1. The zero-order valence-corrected chi connectivity index (χ0v) is 14.9. The molecule has 1 N–H and O–H groups in total. The van der Waals surface area contributed by atoms with Gasteiger partial charge in [0, 0.05) is 25.7 Å². The normalized spacial score (nSPS) is 17.6. The Hall–Kier alpha value is -2.83. The summed E-state index contributed by atoms with van der Waals surface area (Å²) in [6.07, 6.45) is 4.59. The van der Waals surface area contributed by atoms with Crippen LogP contribution in [0.15, 0.2) is 40.9 Å². The summed E-state index contributed by atoms with van der Waals surface area (Å²) in [7, 11) is 0. The van der Waals surface area contributed by atoms with Crippen LogP contribution in [0.3, 0.4) is 0 Å². The lowest BCUT2D eigenvalue weighted by atomic mass is 9.98. The number of para-hydroxylation sites is 2. The molecule has 1 aromatic carbocycles. The number of benzene rings is 1. The van der Waals surface area contributed by atoms with E-state index < -0.39 is 0 Å². The molecule has 26 heavy (non-hydrogen) atoms. The average Bonchev–Trinajstić information content (AvgIpc) is 3.29. The van der Waals surface area contributed by atoms with Crippen molar-refractivity contribution >= 4 is 22.9 Å².